The second-order valence-corrected chi connectivity index (χ2v) is 9.77. The van der Waals surface area contributed by atoms with Gasteiger partial charge in [0.05, 0.1) is 0 Å². The third kappa shape index (κ3) is 8.86. The summed E-state index contributed by atoms with van der Waals surface area (Å²) in [6.07, 6.45) is -8.26. The summed E-state index contributed by atoms with van der Waals surface area (Å²) < 4.78 is 60.6. The van der Waals surface area contributed by atoms with Crippen LogP contribution in [0.3, 0.4) is 0 Å². The lowest BCUT2D eigenvalue weighted by Crippen LogP contribution is -2.67. The third-order valence-corrected chi connectivity index (χ3v) is 5.96. The molecule has 1 aromatic rings. The highest BCUT2D eigenvalue weighted by atomic mass is 32.2. The van der Waals surface area contributed by atoms with Crippen LogP contribution in [-0.2, 0) is 53.1 Å². The lowest BCUT2D eigenvalue weighted by atomic mass is 9.97. The number of amides is 1. The van der Waals surface area contributed by atoms with Crippen molar-refractivity contribution in [2.24, 2.45) is 0 Å². The highest BCUT2D eigenvalue weighted by Crippen LogP contribution is 2.28. The van der Waals surface area contributed by atoms with Crippen molar-refractivity contribution < 1.29 is 60.5 Å². The zero-order valence-corrected chi connectivity index (χ0v) is 22.6. The Morgan fingerprint density at radius 2 is 1.41 bits per heavy atom. The molecule has 1 aliphatic heterocycles. The minimum atomic E-state index is -4.89. The van der Waals surface area contributed by atoms with Gasteiger partial charge in [-0.2, -0.15) is 13.1 Å². The van der Waals surface area contributed by atoms with Gasteiger partial charge in [0, 0.05) is 33.8 Å². The number of carbonyl (C=O) groups is 5. The number of esters is 4. The first-order valence-corrected chi connectivity index (χ1v) is 12.7. The van der Waals surface area contributed by atoms with Crippen LogP contribution in [0.1, 0.15) is 49.6 Å². The van der Waals surface area contributed by atoms with Crippen LogP contribution in [0.5, 0.6) is 0 Å². The molecule has 2 heterocycles. The van der Waals surface area contributed by atoms with E-state index < -0.39 is 88.2 Å². The predicted octanol–water partition coefficient (Wildman–Crippen LogP) is -1.10. The standard InChI is InChI=1S/C22H28N2O14S/c1-9-7-15(29)17(10(2)34-9)21(30)23-39(31,32)24-22-20(37-14(6)28)19(36-13(5)27)18(35-12(4)26)16(38-22)8-33-11(3)25/h7,16,18-20,22,24H,8H2,1-6H3,(H,23,30)/t16-,18-,19+,20-,22-/m1/s1. The van der Waals surface area contributed by atoms with Gasteiger partial charge in [0.15, 0.2) is 30.0 Å². The number of aryl methyl sites for hydroxylation is 2. The Labute approximate surface area is 222 Å². The molecule has 0 radical (unpaired) electrons. The summed E-state index contributed by atoms with van der Waals surface area (Å²) in [5.41, 5.74) is -1.40. The highest BCUT2D eigenvalue weighted by molar-refractivity contribution is 7.88. The van der Waals surface area contributed by atoms with E-state index in [0.29, 0.717) is 0 Å². The molecule has 1 saturated heterocycles. The van der Waals surface area contributed by atoms with Crippen molar-refractivity contribution in [1.29, 1.82) is 0 Å². The molecular formula is C22H28N2O14S. The molecule has 16 nitrogen and oxygen atoms in total. The van der Waals surface area contributed by atoms with Gasteiger partial charge in [0.2, 0.25) is 0 Å². The molecule has 2 rings (SSSR count). The molecule has 216 valence electrons. The quantitative estimate of drug-likeness (QED) is 0.263. The molecule has 17 heteroatoms. The number of rotatable bonds is 9. The molecule has 0 aromatic carbocycles. The molecule has 0 saturated carbocycles. The monoisotopic (exact) mass is 576 g/mol. The minimum absolute atomic E-state index is 0.153. The van der Waals surface area contributed by atoms with Crippen molar-refractivity contribution in [2.45, 2.75) is 72.2 Å². The maximum absolute atomic E-state index is 12.9. The van der Waals surface area contributed by atoms with Crippen LogP contribution in [-0.4, -0.2) is 75.5 Å². The Morgan fingerprint density at radius 1 is 0.872 bits per heavy atom. The zero-order chi connectivity index (χ0) is 29.7. The summed E-state index contributed by atoms with van der Waals surface area (Å²) in [7, 11) is -4.89. The summed E-state index contributed by atoms with van der Waals surface area (Å²) in [6, 6.07) is 0.988. The second-order valence-electron chi connectivity index (χ2n) is 8.32. The summed E-state index contributed by atoms with van der Waals surface area (Å²) >= 11 is 0. The van der Waals surface area contributed by atoms with E-state index >= 15 is 0 Å². The Morgan fingerprint density at radius 3 is 1.92 bits per heavy atom. The van der Waals surface area contributed by atoms with E-state index in [9.17, 15) is 37.2 Å². The number of nitrogens with one attached hydrogen (secondary N) is 2. The van der Waals surface area contributed by atoms with Crippen LogP contribution in [0.2, 0.25) is 0 Å². The van der Waals surface area contributed by atoms with Crippen LogP contribution in [0.25, 0.3) is 0 Å². The Balaban J connectivity index is 2.47. The van der Waals surface area contributed by atoms with Gasteiger partial charge < -0.3 is 28.1 Å². The zero-order valence-electron chi connectivity index (χ0n) is 21.8. The Bertz CT molecular complexity index is 1300. The Hall–Kier alpha value is -3.83. The number of hydrogen-bond acceptors (Lipinski definition) is 14. The molecule has 2 N–H and O–H groups in total. The van der Waals surface area contributed by atoms with Gasteiger partial charge in [-0.25, -0.2) is 4.72 Å². The molecular weight excluding hydrogens is 548 g/mol. The van der Waals surface area contributed by atoms with E-state index in [1.54, 1.807) is 4.72 Å². The highest BCUT2D eigenvalue weighted by Gasteiger charge is 2.53. The van der Waals surface area contributed by atoms with E-state index in [1.165, 1.54) is 13.8 Å². The van der Waals surface area contributed by atoms with Crippen molar-refractivity contribution in [3.05, 3.63) is 33.4 Å². The molecule has 0 aliphatic carbocycles. The fourth-order valence-electron chi connectivity index (χ4n) is 3.70. The van der Waals surface area contributed by atoms with Gasteiger partial charge in [0.25, 0.3) is 5.91 Å². The van der Waals surface area contributed by atoms with Crippen molar-refractivity contribution in [3.8, 4) is 0 Å². The molecule has 1 aliphatic rings. The van der Waals surface area contributed by atoms with Crippen LogP contribution in [0.15, 0.2) is 15.3 Å². The van der Waals surface area contributed by atoms with Gasteiger partial charge in [-0.05, 0) is 13.8 Å². The average Bonchev–Trinajstić information content (AvgIpc) is 2.74. The minimum Gasteiger partial charge on any atom is -0.466 e. The molecule has 39 heavy (non-hydrogen) atoms. The summed E-state index contributed by atoms with van der Waals surface area (Å²) in [6.45, 7) is 6.16. The van der Waals surface area contributed by atoms with Gasteiger partial charge in [-0.1, -0.05) is 0 Å². The molecule has 1 fully saturated rings. The maximum Gasteiger partial charge on any atom is 0.303 e. The average molecular weight is 577 g/mol. The van der Waals surface area contributed by atoms with Crippen molar-refractivity contribution in [1.82, 2.24) is 9.44 Å². The fraction of sp³-hybridized carbons (Fsp3) is 0.545. The van der Waals surface area contributed by atoms with E-state index in [0.717, 1.165) is 33.8 Å². The first-order chi connectivity index (χ1) is 18.0. The van der Waals surface area contributed by atoms with Crippen molar-refractivity contribution in [2.75, 3.05) is 6.61 Å². The molecule has 1 amide bonds. The largest absolute Gasteiger partial charge is 0.466 e. The van der Waals surface area contributed by atoms with E-state index in [2.05, 4.69) is 0 Å². The molecule has 0 unspecified atom stereocenters. The topological polar surface area (TPSA) is 220 Å². The van der Waals surface area contributed by atoms with Gasteiger partial charge >= 0.3 is 34.1 Å². The van der Waals surface area contributed by atoms with E-state index in [-0.39, 0.29) is 11.5 Å². The lowest BCUT2D eigenvalue weighted by molar-refractivity contribution is -0.254. The normalized spacial score (nSPS) is 22.8. The summed E-state index contributed by atoms with van der Waals surface area (Å²) in [5, 5.41) is 0. The SMILES string of the molecule is CC(=O)OC[C@H]1O[C@@H](NS(=O)(=O)NC(=O)c2c(C)oc(C)cc2=O)[C@H](OC(C)=O)[C@@H](OC(C)=O)[C@@H]1OC(C)=O. The predicted molar refractivity (Wildman–Crippen MR) is 126 cm³/mol. The lowest BCUT2D eigenvalue weighted by Gasteiger charge is -2.44. The van der Waals surface area contributed by atoms with Crippen molar-refractivity contribution in [3.63, 3.8) is 0 Å². The maximum atomic E-state index is 12.9. The van der Waals surface area contributed by atoms with Crippen LogP contribution in [0, 0.1) is 13.8 Å². The van der Waals surface area contributed by atoms with E-state index in [4.69, 9.17) is 28.1 Å². The molecule has 0 spiro atoms. The fourth-order valence-corrected chi connectivity index (χ4v) is 4.60. The molecule has 0 bridgehead atoms. The van der Waals surface area contributed by atoms with Crippen LogP contribution < -0.4 is 14.9 Å². The van der Waals surface area contributed by atoms with Gasteiger partial charge in [-0.3, -0.25) is 28.8 Å². The van der Waals surface area contributed by atoms with Crippen LogP contribution in [0.4, 0.5) is 0 Å². The summed E-state index contributed by atoms with van der Waals surface area (Å²) in [5.74, 6) is -4.87. The van der Waals surface area contributed by atoms with Gasteiger partial charge in [-0.15, -0.1) is 0 Å². The first kappa shape index (κ1) is 31.4. The summed E-state index contributed by atoms with van der Waals surface area (Å²) in [4.78, 5) is 71.8. The van der Waals surface area contributed by atoms with Crippen molar-refractivity contribution >= 4 is 40.0 Å². The van der Waals surface area contributed by atoms with Crippen LogP contribution >= 0.6 is 0 Å². The number of carbonyl (C=O) groups excluding carboxylic acids is 5. The molecule has 1 aromatic heterocycles. The number of ether oxygens (including phenoxy) is 5. The van der Waals surface area contributed by atoms with Gasteiger partial charge in [0.1, 0.15) is 29.8 Å². The van der Waals surface area contributed by atoms with E-state index in [1.807, 2.05) is 4.72 Å². The third-order valence-electron chi connectivity index (χ3n) is 4.96. The Kier molecular flexibility index (Phi) is 10.3. The first-order valence-electron chi connectivity index (χ1n) is 11.3. The number of hydrogen-bond donors (Lipinski definition) is 2. The second kappa shape index (κ2) is 12.8. The smallest absolute Gasteiger partial charge is 0.303 e. The molecule has 5 atom stereocenters.